The maximum Gasteiger partial charge on any atom is 0.256 e. The Hall–Kier alpha value is -2.00. The molecule has 19 heavy (non-hydrogen) atoms. The summed E-state index contributed by atoms with van der Waals surface area (Å²) in [4.78, 5) is 12.2. The quantitative estimate of drug-likeness (QED) is 0.819. The van der Waals surface area contributed by atoms with E-state index in [2.05, 4.69) is 5.32 Å². The second kappa shape index (κ2) is 5.33. The van der Waals surface area contributed by atoms with Gasteiger partial charge in [-0.3, -0.25) is 4.79 Å². The topological polar surface area (TPSA) is 55.1 Å². The number of hydrogen-bond donors (Lipinski definition) is 2. The minimum atomic E-state index is -0.190. The van der Waals surface area contributed by atoms with Gasteiger partial charge in [-0.05, 0) is 49.2 Å². The number of carbonyl (C=O) groups is 1. The fourth-order valence-electron chi connectivity index (χ4n) is 1.77. The summed E-state index contributed by atoms with van der Waals surface area (Å²) in [5.41, 5.74) is 9.38. The van der Waals surface area contributed by atoms with Crippen LogP contribution in [0.25, 0.3) is 0 Å². The van der Waals surface area contributed by atoms with Gasteiger partial charge >= 0.3 is 0 Å². The molecule has 0 bridgehead atoms. The van der Waals surface area contributed by atoms with E-state index >= 15 is 0 Å². The fraction of sp³-hybridized carbons (Fsp3) is 0.133. The Bertz CT molecular complexity index is 638. The first-order valence-corrected chi connectivity index (χ1v) is 6.29. The van der Waals surface area contributed by atoms with Gasteiger partial charge in [0.05, 0.1) is 0 Å². The normalized spacial score (nSPS) is 10.3. The maximum atomic E-state index is 12.2. The van der Waals surface area contributed by atoms with Gasteiger partial charge in [0.1, 0.15) is 0 Å². The predicted octanol–water partition coefficient (Wildman–Crippen LogP) is 3.79. The van der Waals surface area contributed by atoms with Crippen LogP contribution in [0.1, 0.15) is 21.5 Å². The second-order valence-corrected chi connectivity index (χ2v) is 4.85. The molecule has 4 heteroatoms. The molecular formula is C15H15ClN2O. The SMILES string of the molecule is Cc1ccc(NC(=O)c2cccc(N)c2C)cc1Cl. The number of anilines is 2. The summed E-state index contributed by atoms with van der Waals surface area (Å²) in [6.45, 7) is 3.74. The first kappa shape index (κ1) is 13.4. The summed E-state index contributed by atoms with van der Waals surface area (Å²) >= 11 is 6.03. The number of nitrogens with two attached hydrogens (primary N) is 1. The van der Waals surface area contributed by atoms with E-state index in [4.69, 9.17) is 17.3 Å². The molecule has 2 rings (SSSR count). The third-order valence-electron chi connectivity index (χ3n) is 3.05. The second-order valence-electron chi connectivity index (χ2n) is 4.44. The van der Waals surface area contributed by atoms with E-state index in [0.717, 1.165) is 11.1 Å². The molecule has 0 aromatic heterocycles. The Labute approximate surface area is 117 Å². The molecule has 1 amide bonds. The highest BCUT2D eigenvalue weighted by molar-refractivity contribution is 6.31. The molecule has 3 nitrogen and oxygen atoms in total. The Morgan fingerprint density at radius 1 is 1.21 bits per heavy atom. The van der Waals surface area contributed by atoms with Gasteiger partial charge < -0.3 is 11.1 Å². The van der Waals surface area contributed by atoms with Crippen molar-refractivity contribution < 1.29 is 4.79 Å². The molecule has 0 spiro atoms. The van der Waals surface area contributed by atoms with Gasteiger partial charge in [0.2, 0.25) is 0 Å². The van der Waals surface area contributed by atoms with Gasteiger partial charge in [0, 0.05) is 22.0 Å². The van der Waals surface area contributed by atoms with Crippen LogP contribution in [-0.4, -0.2) is 5.91 Å². The molecule has 3 N–H and O–H groups in total. The first-order valence-electron chi connectivity index (χ1n) is 5.91. The van der Waals surface area contributed by atoms with Crippen molar-refractivity contribution in [2.24, 2.45) is 0 Å². The van der Waals surface area contributed by atoms with E-state index in [1.54, 1.807) is 24.3 Å². The highest BCUT2D eigenvalue weighted by Gasteiger charge is 2.11. The summed E-state index contributed by atoms with van der Waals surface area (Å²) in [5, 5.41) is 3.44. The lowest BCUT2D eigenvalue weighted by molar-refractivity contribution is 0.102. The molecule has 0 saturated heterocycles. The highest BCUT2D eigenvalue weighted by atomic mass is 35.5. The number of aryl methyl sites for hydroxylation is 1. The fourth-order valence-corrected chi connectivity index (χ4v) is 1.95. The maximum absolute atomic E-state index is 12.2. The molecule has 2 aromatic carbocycles. The molecule has 98 valence electrons. The molecule has 0 saturated carbocycles. The average molecular weight is 275 g/mol. The minimum Gasteiger partial charge on any atom is -0.398 e. The number of nitrogen functional groups attached to an aromatic ring is 1. The molecule has 0 aliphatic rings. The van der Waals surface area contributed by atoms with Crippen molar-refractivity contribution in [1.82, 2.24) is 0 Å². The van der Waals surface area contributed by atoms with Gasteiger partial charge in [0.15, 0.2) is 0 Å². The van der Waals surface area contributed by atoms with Crippen molar-refractivity contribution in [3.63, 3.8) is 0 Å². The molecule has 0 heterocycles. The van der Waals surface area contributed by atoms with E-state index in [1.807, 2.05) is 26.0 Å². The van der Waals surface area contributed by atoms with E-state index in [0.29, 0.717) is 22.0 Å². The molecular weight excluding hydrogens is 260 g/mol. The standard InChI is InChI=1S/C15H15ClN2O/c1-9-6-7-11(8-13(9)16)18-15(19)12-4-3-5-14(17)10(12)2/h3-8H,17H2,1-2H3,(H,18,19). The zero-order valence-corrected chi connectivity index (χ0v) is 11.6. The van der Waals surface area contributed by atoms with E-state index in [-0.39, 0.29) is 5.91 Å². The van der Waals surface area contributed by atoms with E-state index < -0.39 is 0 Å². The molecule has 0 aliphatic heterocycles. The molecule has 0 radical (unpaired) electrons. The van der Waals surface area contributed by atoms with Crippen molar-refractivity contribution in [2.75, 3.05) is 11.1 Å². The monoisotopic (exact) mass is 274 g/mol. The van der Waals surface area contributed by atoms with Crippen LogP contribution in [0.3, 0.4) is 0 Å². The number of halogens is 1. The summed E-state index contributed by atoms with van der Waals surface area (Å²) in [7, 11) is 0. The molecule has 0 unspecified atom stereocenters. The van der Waals surface area contributed by atoms with E-state index in [9.17, 15) is 4.79 Å². The molecule has 0 atom stereocenters. The Morgan fingerprint density at radius 2 is 1.95 bits per heavy atom. The Balaban J connectivity index is 2.26. The van der Waals surface area contributed by atoms with Crippen LogP contribution in [0.2, 0.25) is 5.02 Å². The van der Waals surface area contributed by atoms with Crippen LogP contribution in [0, 0.1) is 13.8 Å². The lowest BCUT2D eigenvalue weighted by Crippen LogP contribution is -2.14. The number of nitrogens with one attached hydrogen (secondary N) is 1. The van der Waals surface area contributed by atoms with Crippen LogP contribution >= 0.6 is 11.6 Å². The van der Waals surface area contributed by atoms with E-state index in [1.165, 1.54) is 0 Å². The van der Waals surface area contributed by atoms with Crippen LogP contribution in [0.15, 0.2) is 36.4 Å². The summed E-state index contributed by atoms with van der Waals surface area (Å²) in [5.74, 6) is -0.190. The third kappa shape index (κ3) is 2.88. The summed E-state index contributed by atoms with van der Waals surface area (Å²) in [6.07, 6.45) is 0. The average Bonchev–Trinajstić information content (AvgIpc) is 2.37. The summed E-state index contributed by atoms with van der Waals surface area (Å²) < 4.78 is 0. The van der Waals surface area contributed by atoms with Crippen molar-refractivity contribution >= 4 is 28.9 Å². The van der Waals surface area contributed by atoms with Crippen LogP contribution < -0.4 is 11.1 Å². The lowest BCUT2D eigenvalue weighted by Gasteiger charge is -2.10. The lowest BCUT2D eigenvalue weighted by atomic mass is 10.1. The third-order valence-corrected chi connectivity index (χ3v) is 3.46. The summed E-state index contributed by atoms with van der Waals surface area (Å²) in [6, 6.07) is 10.7. The van der Waals surface area contributed by atoms with Crippen LogP contribution in [-0.2, 0) is 0 Å². The number of amides is 1. The van der Waals surface area contributed by atoms with Gasteiger partial charge in [-0.2, -0.15) is 0 Å². The Morgan fingerprint density at radius 3 is 2.63 bits per heavy atom. The van der Waals surface area contributed by atoms with Gasteiger partial charge in [-0.1, -0.05) is 23.7 Å². The number of benzene rings is 2. The van der Waals surface area contributed by atoms with Crippen molar-refractivity contribution in [3.05, 3.63) is 58.1 Å². The smallest absolute Gasteiger partial charge is 0.256 e. The number of hydrogen-bond acceptors (Lipinski definition) is 2. The largest absolute Gasteiger partial charge is 0.398 e. The Kier molecular flexibility index (Phi) is 3.76. The van der Waals surface area contributed by atoms with Gasteiger partial charge in [0.25, 0.3) is 5.91 Å². The number of carbonyl (C=O) groups excluding carboxylic acids is 1. The van der Waals surface area contributed by atoms with Crippen LogP contribution in [0.5, 0.6) is 0 Å². The molecule has 2 aromatic rings. The molecule has 0 fully saturated rings. The highest BCUT2D eigenvalue weighted by Crippen LogP contribution is 2.22. The van der Waals surface area contributed by atoms with Crippen molar-refractivity contribution in [3.8, 4) is 0 Å². The minimum absolute atomic E-state index is 0.190. The van der Waals surface area contributed by atoms with Crippen molar-refractivity contribution in [1.29, 1.82) is 0 Å². The number of rotatable bonds is 2. The molecule has 0 aliphatic carbocycles. The van der Waals surface area contributed by atoms with Gasteiger partial charge in [-0.15, -0.1) is 0 Å². The first-order chi connectivity index (χ1) is 8.99. The zero-order valence-electron chi connectivity index (χ0n) is 10.8. The van der Waals surface area contributed by atoms with Gasteiger partial charge in [-0.25, -0.2) is 0 Å². The predicted molar refractivity (Wildman–Crippen MR) is 79.7 cm³/mol. The van der Waals surface area contributed by atoms with Crippen molar-refractivity contribution in [2.45, 2.75) is 13.8 Å². The van der Waals surface area contributed by atoms with Crippen LogP contribution in [0.4, 0.5) is 11.4 Å². The zero-order chi connectivity index (χ0) is 14.0.